The van der Waals surface area contributed by atoms with Crippen LogP contribution in [0.4, 0.5) is 13.2 Å². The van der Waals surface area contributed by atoms with E-state index in [0.29, 0.717) is 29.5 Å². The van der Waals surface area contributed by atoms with Gasteiger partial charge < -0.3 is 14.6 Å². The second-order valence-electron chi connectivity index (χ2n) is 8.66. The van der Waals surface area contributed by atoms with Crippen LogP contribution in [0.25, 0.3) is 11.1 Å². The largest absolute Gasteiger partial charge is 0.586 e. The fourth-order valence-electron chi connectivity index (χ4n) is 4.39. The number of rotatable bonds is 6. The average molecular weight is 468 g/mol. The normalized spacial score (nSPS) is 16.8. The third-order valence-electron chi connectivity index (χ3n) is 6.41. The molecule has 174 valence electrons. The summed E-state index contributed by atoms with van der Waals surface area (Å²) in [7, 11) is 0. The second kappa shape index (κ2) is 7.62. The number of halogens is 3. The van der Waals surface area contributed by atoms with E-state index in [1.165, 1.54) is 24.3 Å². The number of hydrogen-bond donors (Lipinski definition) is 1. The van der Waals surface area contributed by atoms with Crippen LogP contribution in [0.2, 0.25) is 0 Å². The van der Waals surface area contributed by atoms with E-state index in [-0.39, 0.29) is 34.8 Å². The Morgan fingerprint density at radius 2 is 1.68 bits per heavy atom. The summed E-state index contributed by atoms with van der Waals surface area (Å²) in [4.78, 5) is 24.6. The minimum Gasteiger partial charge on any atom is -0.478 e. The molecule has 0 saturated heterocycles. The maximum atomic E-state index is 14.5. The highest BCUT2D eigenvalue weighted by Crippen LogP contribution is 2.52. The second-order valence-corrected chi connectivity index (χ2v) is 8.66. The summed E-state index contributed by atoms with van der Waals surface area (Å²) < 4.78 is 50.2. The monoisotopic (exact) mass is 468 g/mol. The summed E-state index contributed by atoms with van der Waals surface area (Å²) in [6.07, 6.45) is -2.52. The van der Waals surface area contributed by atoms with Gasteiger partial charge in [0, 0.05) is 12.0 Å². The highest BCUT2D eigenvalue weighted by atomic mass is 19.3. The van der Waals surface area contributed by atoms with Gasteiger partial charge in [-0.2, -0.15) is 0 Å². The van der Waals surface area contributed by atoms with E-state index in [9.17, 15) is 27.9 Å². The Kier molecular flexibility index (Phi) is 4.93. The minimum absolute atomic E-state index is 0.0393. The lowest BCUT2D eigenvalue weighted by atomic mass is 9.86. The van der Waals surface area contributed by atoms with Gasteiger partial charge in [-0.1, -0.05) is 24.3 Å². The summed E-state index contributed by atoms with van der Waals surface area (Å²) in [5.41, 5.74) is 1.77. The molecule has 1 saturated carbocycles. The van der Waals surface area contributed by atoms with Crippen LogP contribution in [0.1, 0.15) is 39.9 Å². The summed E-state index contributed by atoms with van der Waals surface area (Å²) in [6.45, 7) is 1.78. The van der Waals surface area contributed by atoms with E-state index in [2.05, 4.69) is 9.47 Å². The molecule has 0 amide bonds. The quantitative estimate of drug-likeness (QED) is 0.505. The number of benzene rings is 3. The summed E-state index contributed by atoms with van der Waals surface area (Å²) in [6, 6.07) is 13.2. The first kappa shape index (κ1) is 22.0. The van der Waals surface area contributed by atoms with Crippen LogP contribution >= 0.6 is 0 Å². The van der Waals surface area contributed by atoms with Crippen LogP contribution in [0.15, 0.2) is 54.6 Å². The minimum atomic E-state index is -3.73. The number of Topliss-reactive ketones (excluding diaryl/α,β-unsaturated/α-hetero) is 1. The Bertz CT molecular complexity index is 1340. The molecule has 1 aliphatic carbocycles. The number of ketones is 1. The van der Waals surface area contributed by atoms with Gasteiger partial charge in [-0.25, -0.2) is 9.18 Å². The molecular formula is C26H19F3O5. The Hall–Kier alpha value is -3.81. The molecule has 5 nitrogen and oxygen atoms in total. The lowest BCUT2D eigenvalue weighted by Crippen LogP contribution is -2.26. The van der Waals surface area contributed by atoms with Gasteiger partial charge in [-0.3, -0.25) is 4.79 Å². The Morgan fingerprint density at radius 1 is 0.941 bits per heavy atom. The standard InChI is InChI=1S/C26H19F3O5/c1-14-2-3-15(10-18(14)19-12-16(24(31)32)4-6-20(19)27)11-23(30)25(8-9-25)17-5-7-21-22(13-17)34-26(28,29)33-21/h2-7,10,12-13H,8-9,11H2,1H3,(H,31,32). The third-order valence-corrected chi connectivity index (χ3v) is 6.41. The predicted molar refractivity (Wildman–Crippen MR) is 116 cm³/mol. The van der Waals surface area contributed by atoms with Crippen molar-refractivity contribution in [2.75, 3.05) is 0 Å². The van der Waals surface area contributed by atoms with E-state index in [1.807, 2.05) is 0 Å². The van der Waals surface area contributed by atoms with Gasteiger partial charge in [0.25, 0.3) is 0 Å². The first-order valence-electron chi connectivity index (χ1n) is 10.6. The van der Waals surface area contributed by atoms with Crippen molar-refractivity contribution in [3.63, 3.8) is 0 Å². The number of carboxylic acids is 1. The van der Waals surface area contributed by atoms with E-state index >= 15 is 0 Å². The maximum absolute atomic E-state index is 14.5. The van der Waals surface area contributed by atoms with Crippen LogP contribution in [0.3, 0.4) is 0 Å². The molecule has 0 spiro atoms. The number of hydrogen-bond acceptors (Lipinski definition) is 4. The molecule has 0 radical (unpaired) electrons. The molecule has 0 unspecified atom stereocenters. The SMILES string of the molecule is Cc1ccc(CC(=O)C2(c3ccc4c(c3)OC(F)(F)O4)CC2)cc1-c1cc(C(=O)O)ccc1F. The molecule has 34 heavy (non-hydrogen) atoms. The van der Waals surface area contributed by atoms with Gasteiger partial charge in [0.1, 0.15) is 11.6 Å². The maximum Gasteiger partial charge on any atom is 0.586 e. The number of aromatic carboxylic acids is 1. The average Bonchev–Trinajstić information content (AvgIpc) is 3.52. The lowest BCUT2D eigenvalue weighted by Gasteiger charge is -2.16. The van der Waals surface area contributed by atoms with Crippen LogP contribution < -0.4 is 9.47 Å². The highest BCUT2D eigenvalue weighted by molar-refractivity contribution is 5.95. The molecule has 1 heterocycles. The Balaban J connectivity index is 1.43. The van der Waals surface area contributed by atoms with Gasteiger partial charge in [0.2, 0.25) is 0 Å². The van der Waals surface area contributed by atoms with Crippen molar-refractivity contribution in [2.45, 2.75) is 37.9 Å². The molecule has 1 aliphatic heterocycles. The van der Waals surface area contributed by atoms with Crippen molar-refractivity contribution in [3.05, 3.63) is 82.7 Å². The number of aryl methyl sites for hydroxylation is 1. The number of carboxylic acid groups (broad SMARTS) is 1. The van der Waals surface area contributed by atoms with Gasteiger partial charge in [0.15, 0.2) is 11.5 Å². The zero-order chi connectivity index (χ0) is 24.3. The van der Waals surface area contributed by atoms with E-state index in [1.54, 1.807) is 31.2 Å². The number of ether oxygens (including phenoxy) is 2. The van der Waals surface area contributed by atoms with Gasteiger partial charge in [-0.05, 0) is 72.4 Å². The zero-order valence-electron chi connectivity index (χ0n) is 18.0. The number of carbonyl (C=O) groups excluding carboxylic acids is 1. The molecule has 0 atom stereocenters. The summed E-state index contributed by atoms with van der Waals surface area (Å²) in [5.74, 6) is -2.00. The van der Waals surface area contributed by atoms with Crippen molar-refractivity contribution >= 4 is 11.8 Å². The van der Waals surface area contributed by atoms with Crippen molar-refractivity contribution in [3.8, 4) is 22.6 Å². The van der Waals surface area contributed by atoms with Crippen molar-refractivity contribution < 1.29 is 37.3 Å². The van der Waals surface area contributed by atoms with E-state index < -0.39 is 23.5 Å². The zero-order valence-corrected chi connectivity index (χ0v) is 18.0. The van der Waals surface area contributed by atoms with Gasteiger partial charge in [0.05, 0.1) is 11.0 Å². The van der Waals surface area contributed by atoms with Crippen molar-refractivity contribution in [1.82, 2.24) is 0 Å². The van der Waals surface area contributed by atoms with Crippen molar-refractivity contribution in [1.29, 1.82) is 0 Å². The molecule has 1 fully saturated rings. The molecule has 5 rings (SSSR count). The first-order valence-corrected chi connectivity index (χ1v) is 10.6. The van der Waals surface area contributed by atoms with Crippen LogP contribution in [-0.4, -0.2) is 23.2 Å². The molecule has 0 aromatic heterocycles. The number of fused-ring (bicyclic) bond motifs is 1. The molecule has 3 aromatic carbocycles. The van der Waals surface area contributed by atoms with Crippen LogP contribution in [0.5, 0.6) is 11.5 Å². The summed E-state index contributed by atoms with van der Waals surface area (Å²) >= 11 is 0. The Labute approximate surface area is 192 Å². The lowest BCUT2D eigenvalue weighted by molar-refractivity contribution is -0.286. The number of carbonyl (C=O) groups is 2. The molecule has 8 heteroatoms. The third kappa shape index (κ3) is 3.79. The number of alkyl halides is 2. The fourth-order valence-corrected chi connectivity index (χ4v) is 4.39. The highest BCUT2D eigenvalue weighted by Gasteiger charge is 2.52. The van der Waals surface area contributed by atoms with Crippen LogP contribution in [-0.2, 0) is 16.6 Å². The molecule has 0 bridgehead atoms. The Morgan fingerprint density at radius 3 is 2.38 bits per heavy atom. The smallest absolute Gasteiger partial charge is 0.478 e. The molecule has 3 aromatic rings. The van der Waals surface area contributed by atoms with Crippen LogP contribution in [0, 0.1) is 12.7 Å². The fraction of sp³-hybridized carbons (Fsp3) is 0.231. The van der Waals surface area contributed by atoms with E-state index in [0.717, 1.165) is 11.6 Å². The van der Waals surface area contributed by atoms with Gasteiger partial charge in [-0.15, -0.1) is 8.78 Å². The van der Waals surface area contributed by atoms with Crippen molar-refractivity contribution in [2.24, 2.45) is 0 Å². The topological polar surface area (TPSA) is 72.8 Å². The van der Waals surface area contributed by atoms with Gasteiger partial charge >= 0.3 is 12.3 Å². The predicted octanol–water partition coefficient (Wildman–Crippen LogP) is 5.66. The summed E-state index contributed by atoms with van der Waals surface area (Å²) in [5, 5.41) is 9.26. The first-order chi connectivity index (χ1) is 16.1. The molecule has 1 N–H and O–H groups in total. The molecular weight excluding hydrogens is 449 g/mol. The molecule has 2 aliphatic rings. The van der Waals surface area contributed by atoms with E-state index in [4.69, 9.17) is 0 Å².